The lowest BCUT2D eigenvalue weighted by molar-refractivity contribution is 0.282. The molecular formula is C16H14ClFN2O. The van der Waals surface area contributed by atoms with Gasteiger partial charge in [-0.15, -0.1) is 0 Å². The van der Waals surface area contributed by atoms with Crippen LogP contribution < -0.4 is 5.32 Å². The summed E-state index contributed by atoms with van der Waals surface area (Å²) >= 11 is 6.09. The fourth-order valence-electron chi connectivity index (χ4n) is 2.04. The van der Waals surface area contributed by atoms with Crippen LogP contribution in [0.1, 0.15) is 29.7 Å². The van der Waals surface area contributed by atoms with Crippen LogP contribution in [0.2, 0.25) is 5.02 Å². The molecular weight excluding hydrogens is 291 g/mol. The molecule has 2 N–H and O–H groups in total. The van der Waals surface area contributed by atoms with Gasteiger partial charge in [0.1, 0.15) is 5.82 Å². The Bertz CT molecular complexity index is 697. The van der Waals surface area contributed by atoms with Crippen molar-refractivity contribution >= 4 is 17.3 Å². The highest BCUT2D eigenvalue weighted by Gasteiger charge is 2.13. The lowest BCUT2D eigenvalue weighted by atomic mass is 10.0. The van der Waals surface area contributed by atoms with Crippen LogP contribution in [0.25, 0.3) is 0 Å². The van der Waals surface area contributed by atoms with Crippen molar-refractivity contribution in [1.29, 1.82) is 5.26 Å². The molecule has 0 aliphatic rings. The first-order valence-corrected chi connectivity index (χ1v) is 6.78. The van der Waals surface area contributed by atoms with Crippen LogP contribution in [0.4, 0.5) is 10.1 Å². The van der Waals surface area contributed by atoms with Gasteiger partial charge in [0.25, 0.3) is 0 Å². The van der Waals surface area contributed by atoms with Crippen LogP contribution in [0.5, 0.6) is 0 Å². The van der Waals surface area contributed by atoms with E-state index in [4.69, 9.17) is 22.0 Å². The number of halogens is 2. The van der Waals surface area contributed by atoms with Crippen molar-refractivity contribution < 1.29 is 9.50 Å². The molecule has 0 saturated heterocycles. The highest BCUT2D eigenvalue weighted by molar-refractivity contribution is 6.33. The van der Waals surface area contributed by atoms with E-state index < -0.39 is 5.82 Å². The summed E-state index contributed by atoms with van der Waals surface area (Å²) in [5, 5.41) is 21.5. The Balaban J connectivity index is 2.26. The number of hydrogen-bond acceptors (Lipinski definition) is 3. The van der Waals surface area contributed by atoms with Crippen LogP contribution in [0.3, 0.4) is 0 Å². The van der Waals surface area contributed by atoms with Crippen molar-refractivity contribution in [3.05, 3.63) is 63.9 Å². The van der Waals surface area contributed by atoms with Gasteiger partial charge in [0.15, 0.2) is 0 Å². The Kier molecular flexibility index (Phi) is 4.79. The summed E-state index contributed by atoms with van der Waals surface area (Å²) in [4.78, 5) is 0. The normalized spacial score (nSPS) is 11.8. The minimum absolute atomic E-state index is 0.0918. The largest absolute Gasteiger partial charge is 0.392 e. The maximum absolute atomic E-state index is 14.0. The van der Waals surface area contributed by atoms with Gasteiger partial charge in [-0.05, 0) is 36.8 Å². The molecule has 0 amide bonds. The second kappa shape index (κ2) is 6.57. The van der Waals surface area contributed by atoms with Crippen molar-refractivity contribution in [2.45, 2.75) is 19.6 Å². The minimum Gasteiger partial charge on any atom is -0.392 e. The van der Waals surface area contributed by atoms with Gasteiger partial charge in [-0.3, -0.25) is 0 Å². The van der Waals surface area contributed by atoms with Crippen molar-refractivity contribution in [1.82, 2.24) is 0 Å². The zero-order valence-electron chi connectivity index (χ0n) is 11.4. The maximum atomic E-state index is 14.0. The zero-order chi connectivity index (χ0) is 15.4. The SMILES string of the molecule is CC(Nc1cc(CO)ccc1Cl)c1ccc(C#N)cc1F. The lowest BCUT2D eigenvalue weighted by Crippen LogP contribution is -2.09. The van der Waals surface area contributed by atoms with Gasteiger partial charge in [0.05, 0.1) is 35.0 Å². The lowest BCUT2D eigenvalue weighted by Gasteiger charge is -2.18. The molecule has 0 aliphatic heterocycles. The highest BCUT2D eigenvalue weighted by Crippen LogP contribution is 2.28. The first-order valence-electron chi connectivity index (χ1n) is 6.40. The van der Waals surface area contributed by atoms with Crippen molar-refractivity contribution in [2.24, 2.45) is 0 Å². The molecule has 0 saturated carbocycles. The van der Waals surface area contributed by atoms with E-state index in [0.29, 0.717) is 16.3 Å². The first kappa shape index (κ1) is 15.3. The van der Waals surface area contributed by atoms with Gasteiger partial charge in [0, 0.05) is 5.56 Å². The molecule has 0 radical (unpaired) electrons. The van der Waals surface area contributed by atoms with Crippen molar-refractivity contribution in [3.8, 4) is 6.07 Å². The fraction of sp³-hybridized carbons (Fsp3) is 0.188. The molecule has 5 heteroatoms. The predicted octanol–water partition coefficient (Wildman–Crippen LogP) is 4.02. The molecule has 0 heterocycles. The number of hydrogen-bond donors (Lipinski definition) is 2. The topological polar surface area (TPSA) is 56.0 Å². The average Bonchev–Trinajstić information content (AvgIpc) is 2.49. The molecule has 2 rings (SSSR count). The molecule has 3 nitrogen and oxygen atoms in total. The zero-order valence-corrected chi connectivity index (χ0v) is 12.2. The van der Waals surface area contributed by atoms with E-state index >= 15 is 0 Å². The number of aliphatic hydroxyl groups excluding tert-OH is 1. The van der Waals surface area contributed by atoms with Crippen LogP contribution in [-0.4, -0.2) is 5.11 Å². The molecule has 2 aromatic carbocycles. The quantitative estimate of drug-likeness (QED) is 0.897. The minimum atomic E-state index is -0.441. The Morgan fingerprint density at radius 2 is 2.10 bits per heavy atom. The number of rotatable bonds is 4. The van der Waals surface area contributed by atoms with E-state index in [0.717, 1.165) is 5.56 Å². The number of anilines is 1. The summed E-state index contributed by atoms with van der Waals surface area (Å²) in [5.74, 6) is -0.441. The fourth-order valence-corrected chi connectivity index (χ4v) is 2.21. The van der Waals surface area contributed by atoms with Crippen LogP contribution >= 0.6 is 11.6 Å². The van der Waals surface area contributed by atoms with Gasteiger partial charge in [0.2, 0.25) is 0 Å². The Morgan fingerprint density at radius 1 is 1.33 bits per heavy atom. The summed E-state index contributed by atoms with van der Waals surface area (Å²) < 4.78 is 14.0. The molecule has 0 aromatic heterocycles. The van der Waals surface area contributed by atoms with Gasteiger partial charge < -0.3 is 10.4 Å². The van der Waals surface area contributed by atoms with Crippen LogP contribution in [0.15, 0.2) is 36.4 Å². The van der Waals surface area contributed by atoms with E-state index in [-0.39, 0.29) is 18.2 Å². The van der Waals surface area contributed by atoms with E-state index in [1.807, 2.05) is 6.07 Å². The Hall–Kier alpha value is -2.09. The van der Waals surface area contributed by atoms with Gasteiger partial charge in [-0.1, -0.05) is 23.7 Å². The van der Waals surface area contributed by atoms with Crippen LogP contribution in [0, 0.1) is 17.1 Å². The second-order valence-electron chi connectivity index (χ2n) is 4.69. The predicted molar refractivity (Wildman–Crippen MR) is 80.5 cm³/mol. The number of nitrogens with zero attached hydrogens (tertiary/aromatic N) is 1. The van der Waals surface area contributed by atoms with Gasteiger partial charge in [-0.2, -0.15) is 5.26 Å². The third-order valence-electron chi connectivity index (χ3n) is 3.18. The van der Waals surface area contributed by atoms with E-state index in [1.165, 1.54) is 6.07 Å². The van der Waals surface area contributed by atoms with Gasteiger partial charge >= 0.3 is 0 Å². The molecule has 0 aliphatic carbocycles. The monoisotopic (exact) mass is 304 g/mol. The molecule has 1 unspecified atom stereocenters. The van der Waals surface area contributed by atoms with Crippen molar-refractivity contribution in [3.63, 3.8) is 0 Å². The summed E-state index contributed by atoms with van der Waals surface area (Å²) in [6, 6.07) is 11.1. The number of nitrogens with one attached hydrogen (secondary N) is 1. The Morgan fingerprint density at radius 3 is 2.71 bits per heavy atom. The maximum Gasteiger partial charge on any atom is 0.129 e. The van der Waals surface area contributed by atoms with E-state index in [2.05, 4.69) is 5.32 Å². The molecule has 108 valence electrons. The second-order valence-corrected chi connectivity index (χ2v) is 5.09. The molecule has 0 fully saturated rings. The summed E-state index contributed by atoms with van der Waals surface area (Å²) in [5.41, 5.74) is 2.07. The molecule has 2 aromatic rings. The van der Waals surface area contributed by atoms with Crippen molar-refractivity contribution in [2.75, 3.05) is 5.32 Å². The third kappa shape index (κ3) is 3.52. The third-order valence-corrected chi connectivity index (χ3v) is 3.51. The van der Waals surface area contributed by atoms with E-state index in [9.17, 15) is 4.39 Å². The standard InChI is InChI=1S/C16H14ClFN2O/c1-10(13-4-2-11(8-19)6-15(13)18)20-16-7-12(9-21)3-5-14(16)17/h2-7,10,20-21H,9H2,1H3. The average molecular weight is 305 g/mol. The van der Waals surface area contributed by atoms with Gasteiger partial charge in [-0.25, -0.2) is 4.39 Å². The molecule has 0 spiro atoms. The first-order chi connectivity index (χ1) is 10.0. The summed E-state index contributed by atoms with van der Waals surface area (Å²) in [7, 11) is 0. The number of nitriles is 1. The Labute approximate surface area is 127 Å². The summed E-state index contributed by atoms with van der Waals surface area (Å²) in [6.07, 6.45) is 0. The summed E-state index contributed by atoms with van der Waals surface area (Å²) in [6.45, 7) is 1.71. The highest BCUT2D eigenvalue weighted by atomic mass is 35.5. The molecule has 1 atom stereocenters. The van der Waals surface area contributed by atoms with E-state index in [1.54, 1.807) is 37.3 Å². The number of aliphatic hydroxyl groups is 1. The molecule has 0 bridgehead atoms. The molecule has 21 heavy (non-hydrogen) atoms. The van der Waals surface area contributed by atoms with Crippen LogP contribution in [-0.2, 0) is 6.61 Å². The smallest absolute Gasteiger partial charge is 0.129 e. The number of benzene rings is 2.